The minimum absolute atomic E-state index is 0.00120. The number of nitrogens with zero attached hydrogens (tertiary/aromatic N) is 3. The fraction of sp³-hybridized carbons (Fsp3) is 0.0962. The molecular weight excluding hydrogens is 1110 g/mol. The summed E-state index contributed by atoms with van der Waals surface area (Å²) in [7, 11) is -4.01. The van der Waals surface area contributed by atoms with Gasteiger partial charge in [0, 0.05) is 11.1 Å². The predicted octanol–water partition coefficient (Wildman–Crippen LogP) is 13.7. The van der Waals surface area contributed by atoms with Crippen LogP contribution in [-0.2, 0) is 39.7 Å². The molecule has 1 amide bonds. The zero-order chi connectivity index (χ0) is 48.7. The molecule has 5 aromatic carbocycles. The Morgan fingerprint density at radius 1 is 0.571 bits per heavy atom. The average molecular weight is 1150 g/mol. The number of hydrogen-bond donors (Lipinski definition) is 1. The number of thiophene rings is 3. The highest BCUT2D eigenvalue weighted by Crippen LogP contribution is 2.48. The molecule has 0 aliphatic carbocycles. The van der Waals surface area contributed by atoms with E-state index >= 15 is 0 Å². The fourth-order valence-corrected chi connectivity index (χ4v) is 15.6. The van der Waals surface area contributed by atoms with Crippen molar-refractivity contribution in [1.82, 2.24) is 4.98 Å². The van der Waals surface area contributed by atoms with Crippen LogP contribution in [-0.4, -0.2) is 41.9 Å². The molecule has 18 heteroatoms. The van der Waals surface area contributed by atoms with Crippen molar-refractivity contribution in [2.45, 2.75) is 28.7 Å². The molecule has 4 aromatic heterocycles. The summed E-state index contributed by atoms with van der Waals surface area (Å²) in [6.45, 7) is 1.26. The van der Waals surface area contributed by atoms with E-state index in [1.54, 1.807) is 84.7 Å². The molecule has 0 radical (unpaired) electrons. The second kappa shape index (κ2) is 19.7. The molecule has 354 valence electrons. The number of methoxy groups -OCH3 is 2. The Bertz CT molecular complexity index is 3610. The van der Waals surface area contributed by atoms with Crippen LogP contribution in [0.2, 0.25) is 0 Å². The number of hydrogen-bond acceptors (Lipinski definition) is 10. The molecule has 12 rings (SSSR count). The molecule has 0 spiro atoms. The lowest BCUT2D eigenvalue weighted by Crippen LogP contribution is -2.32. The van der Waals surface area contributed by atoms with Crippen molar-refractivity contribution in [2.75, 3.05) is 27.7 Å². The normalized spacial score (nSPS) is 13.2. The predicted molar refractivity (Wildman–Crippen MR) is 289 cm³/mol. The number of ether oxygens (including phenoxy) is 2. The number of halogens is 2. The number of nitrogens with one attached hydrogen (secondary N) is 1. The van der Waals surface area contributed by atoms with Crippen molar-refractivity contribution < 1.29 is 31.1 Å². The first-order valence-corrected chi connectivity index (χ1v) is 28.6. The third-order valence-corrected chi connectivity index (χ3v) is 19.9. The van der Waals surface area contributed by atoms with E-state index in [1.165, 1.54) is 31.1 Å². The monoisotopic (exact) mass is 1150 g/mol. The molecule has 0 bridgehead atoms. The molecule has 0 saturated carbocycles. The topological polar surface area (TPSA) is 129 Å². The third-order valence-electron chi connectivity index (χ3n) is 12.0. The number of amides is 1. The Kier molecular flexibility index (Phi) is 13.4. The summed E-state index contributed by atoms with van der Waals surface area (Å²) in [5.41, 5.74) is 10.4. The van der Waals surface area contributed by atoms with Gasteiger partial charge < -0.3 is 19.4 Å². The van der Waals surface area contributed by atoms with Gasteiger partial charge in [0.1, 0.15) is 15.7 Å². The van der Waals surface area contributed by atoms with Crippen LogP contribution in [0.4, 0.5) is 17.1 Å². The summed E-state index contributed by atoms with van der Waals surface area (Å²) in [5.74, 6) is 1.36. The van der Waals surface area contributed by atoms with Crippen LogP contribution >= 0.6 is 65.9 Å². The van der Waals surface area contributed by atoms with Crippen molar-refractivity contribution in [3.8, 4) is 43.6 Å². The number of aromatic amines is 1. The van der Waals surface area contributed by atoms with E-state index in [9.17, 15) is 21.6 Å². The Balaban J connectivity index is 0.000000122. The minimum atomic E-state index is -3.69. The van der Waals surface area contributed by atoms with Crippen LogP contribution in [0.1, 0.15) is 27.0 Å². The van der Waals surface area contributed by atoms with Gasteiger partial charge in [0.05, 0.1) is 79.6 Å². The van der Waals surface area contributed by atoms with Gasteiger partial charge in [0.2, 0.25) is 0 Å². The molecule has 0 fully saturated rings. The molecule has 7 heterocycles. The van der Waals surface area contributed by atoms with Crippen LogP contribution in [0.5, 0.6) is 11.5 Å². The number of rotatable bonds is 7. The largest absolute Gasteiger partial charge is 0.497 e. The average Bonchev–Trinajstić information content (AvgIpc) is 4.24. The lowest BCUT2D eigenvalue weighted by Gasteiger charge is -2.29. The molecule has 0 unspecified atom stereocenters. The van der Waals surface area contributed by atoms with E-state index < -0.39 is 20.0 Å². The maximum absolute atomic E-state index is 13.2. The second-order valence-corrected chi connectivity index (χ2v) is 25.1. The number of carbonyl (C=O) groups excluding carboxylic acids is 1. The Labute approximate surface area is 434 Å². The van der Waals surface area contributed by atoms with Crippen molar-refractivity contribution in [2.24, 2.45) is 0 Å². The van der Waals surface area contributed by atoms with Gasteiger partial charge >= 0.3 is 0 Å². The van der Waals surface area contributed by atoms with Crippen LogP contribution < -0.4 is 23.0 Å². The minimum Gasteiger partial charge on any atom is -0.497 e. The van der Waals surface area contributed by atoms with Crippen LogP contribution in [0.25, 0.3) is 32.1 Å². The number of sulfonamides is 2. The molecule has 70 heavy (non-hydrogen) atoms. The van der Waals surface area contributed by atoms with Gasteiger partial charge in [-0.3, -0.25) is 13.4 Å². The molecule has 0 saturated heterocycles. The zero-order valence-electron chi connectivity index (χ0n) is 37.2. The van der Waals surface area contributed by atoms with Gasteiger partial charge in [-0.05, 0) is 143 Å². The van der Waals surface area contributed by atoms with Crippen molar-refractivity contribution in [3.63, 3.8) is 0 Å². The Morgan fingerprint density at radius 3 is 1.77 bits per heavy atom. The molecule has 3 aliphatic rings. The van der Waals surface area contributed by atoms with E-state index in [0.717, 1.165) is 63.2 Å². The van der Waals surface area contributed by atoms with Crippen LogP contribution in [0.15, 0.2) is 180 Å². The molecule has 3 aliphatic heterocycles. The highest BCUT2D eigenvalue weighted by atomic mass is 79.9. The quantitative estimate of drug-likeness (QED) is 0.168. The highest BCUT2D eigenvalue weighted by Gasteiger charge is 2.35. The number of anilines is 3. The molecule has 1 N–H and O–H groups in total. The standard InChI is InChI=1S/C19H14BrNO2S.C18H15BrN2O3S.C15H11NO2S3/c1-23-14-8-6-12(7-9-14)19(22)21-11-13-4-2-3-5-15(13)18-16(21)10-17(20)24-18;1-24-13-6-8-14(9-7-13)25(22,23)21-11-12-4-2-3-5-15(12)18-16(21)10-17(19)20-18;17-21(18,14-6-3-8-19-14)16-10-11-4-1-2-5-12(11)15-13(16)7-9-20-15/h2-10H,11H2,1H3;2-10,20H,11H2,1H3;1-9H,10H2. The van der Waals surface area contributed by atoms with Crippen LogP contribution in [0.3, 0.4) is 0 Å². The fourth-order valence-electron chi connectivity index (χ4n) is 8.55. The van der Waals surface area contributed by atoms with Crippen molar-refractivity contribution in [1.29, 1.82) is 0 Å². The van der Waals surface area contributed by atoms with Gasteiger partial charge in [-0.1, -0.05) is 78.9 Å². The maximum atomic E-state index is 13.2. The number of benzene rings is 5. The SMILES string of the molecule is COc1ccc(C(=O)N2Cc3ccccc3-c3sc(Br)cc32)cc1.COc1ccc(S(=O)(=O)N2Cc3ccccc3-c3[nH]c(Br)cc32)cc1.O=S(=O)(c1cccs1)N1Cc2ccccc2-c2sccc21. The summed E-state index contributed by atoms with van der Waals surface area (Å²) in [6.07, 6.45) is 0. The third kappa shape index (κ3) is 9.02. The van der Waals surface area contributed by atoms with Crippen LogP contribution in [0, 0.1) is 0 Å². The Hall–Kier alpha value is -5.99. The first kappa shape index (κ1) is 47.7. The van der Waals surface area contributed by atoms with Gasteiger partial charge in [0.15, 0.2) is 0 Å². The summed E-state index contributed by atoms with van der Waals surface area (Å²) < 4.78 is 67.6. The summed E-state index contributed by atoms with van der Waals surface area (Å²) in [4.78, 5) is 20.5. The lowest BCUT2D eigenvalue weighted by atomic mass is 9.99. The number of H-pyrrole nitrogens is 1. The smallest absolute Gasteiger partial charge is 0.274 e. The van der Waals surface area contributed by atoms with E-state index in [-0.39, 0.29) is 10.8 Å². The van der Waals surface area contributed by atoms with Gasteiger partial charge in [-0.25, -0.2) is 16.8 Å². The number of aromatic nitrogens is 1. The van der Waals surface area contributed by atoms with E-state index in [4.69, 9.17) is 9.47 Å². The number of fused-ring (bicyclic) bond motifs is 9. The van der Waals surface area contributed by atoms with Crippen molar-refractivity contribution >= 4 is 109 Å². The van der Waals surface area contributed by atoms with Crippen molar-refractivity contribution in [3.05, 3.63) is 193 Å². The first-order valence-electron chi connectivity index (χ1n) is 21.5. The second-order valence-electron chi connectivity index (χ2n) is 16.0. The molecular formula is C52H40Br2N4O7S5. The van der Waals surface area contributed by atoms with Gasteiger partial charge in [-0.2, -0.15) is 0 Å². The highest BCUT2D eigenvalue weighted by molar-refractivity contribution is 9.11. The lowest BCUT2D eigenvalue weighted by molar-refractivity contribution is 0.0985. The molecule has 9 aromatic rings. The summed E-state index contributed by atoms with van der Waals surface area (Å²) in [5, 5.41) is 3.74. The van der Waals surface area contributed by atoms with Gasteiger partial charge in [-0.15, -0.1) is 34.0 Å². The zero-order valence-corrected chi connectivity index (χ0v) is 44.5. The summed E-state index contributed by atoms with van der Waals surface area (Å²) >= 11 is 11.5. The van der Waals surface area contributed by atoms with Gasteiger partial charge in [0.25, 0.3) is 26.0 Å². The maximum Gasteiger partial charge on any atom is 0.274 e. The van der Waals surface area contributed by atoms with E-state index in [1.807, 2.05) is 101 Å². The first-order chi connectivity index (χ1) is 33.8. The summed E-state index contributed by atoms with van der Waals surface area (Å²) in [6, 6.07) is 46.9. The molecule has 0 atom stereocenters. The van der Waals surface area contributed by atoms with E-state index in [2.05, 4.69) is 55.0 Å². The Morgan fingerprint density at radius 2 is 1.14 bits per heavy atom. The van der Waals surface area contributed by atoms with E-state index in [0.29, 0.717) is 40.8 Å². The molecule has 11 nitrogen and oxygen atoms in total. The number of carbonyl (C=O) groups is 1.